The van der Waals surface area contributed by atoms with Gasteiger partial charge in [-0.25, -0.2) is 16.8 Å². The summed E-state index contributed by atoms with van der Waals surface area (Å²) in [6.45, 7) is 0. The lowest BCUT2D eigenvalue weighted by Gasteiger charge is -2.16. The average Bonchev–Trinajstić information content (AvgIpc) is 2.92. The van der Waals surface area contributed by atoms with E-state index in [2.05, 4.69) is 9.82 Å². The summed E-state index contributed by atoms with van der Waals surface area (Å²) in [6, 6.07) is -1.49. The van der Waals surface area contributed by atoms with Crippen LogP contribution in [0.15, 0.2) is 12.4 Å². The number of nitrogens with one attached hydrogen (secondary N) is 1. The molecular weight excluding hydrogens is 322 g/mol. The van der Waals surface area contributed by atoms with Gasteiger partial charge in [0.05, 0.1) is 23.0 Å². The van der Waals surface area contributed by atoms with E-state index in [4.69, 9.17) is 5.11 Å². The third-order valence-corrected chi connectivity index (χ3v) is 7.04. The van der Waals surface area contributed by atoms with Crippen molar-refractivity contribution < 1.29 is 26.7 Å². The molecule has 0 aromatic carbocycles. The summed E-state index contributed by atoms with van der Waals surface area (Å²) in [5, 5.41) is 11.8. The molecule has 1 saturated heterocycles. The summed E-state index contributed by atoms with van der Waals surface area (Å²) in [7, 11) is -5.87. The van der Waals surface area contributed by atoms with E-state index >= 15 is 0 Å². The highest BCUT2D eigenvalue weighted by Gasteiger charge is 2.39. The first-order valence-electron chi connectivity index (χ1n) is 6.04. The van der Waals surface area contributed by atoms with Crippen molar-refractivity contribution in [1.82, 2.24) is 14.5 Å². The molecule has 1 aliphatic rings. The van der Waals surface area contributed by atoms with Crippen LogP contribution in [-0.4, -0.2) is 54.4 Å². The molecule has 0 aliphatic carbocycles. The number of sulfone groups is 1. The first kappa shape index (κ1) is 15.9. The van der Waals surface area contributed by atoms with Gasteiger partial charge in [0.15, 0.2) is 9.84 Å². The first-order chi connectivity index (χ1) is 9.61. The summed E-state index contributed by atoms with van der Waals surface area (Å²) in [5.41, 5.74) is 0.175. The molecule has 0 saturated carbocycles. The Morgan fingerprint density at radius 3 is 2.67 bits per heavy atom. The second-order valence-electron chi connectivity index (χ2n) is 4.91. The van der Waals surface area contributed by atoms with Crippen molar-refractivity contribution in [2.24, 2.45) is 7.05 Å². The van der Waals surface area contributed by atoms with Crippen molar-refractivity contribution in [3.63, 3.8) is 0 Å². The van der Waals surface area contributed by atoms with Crippen LogP contribution >= 0.6 is 0 Å². The molecule has 1 aliphatic heterocycles. The molecule has 1 fully saturated rings. The zero-order valence-electron chi connectivity index (χ0n) is 11.1. The molecule has 0 spiro atoms. The van der Waals surface area contributed by atoms with Crippen LogP contribution in [0.25, 0.3) is 0 Å². The number of nitrogens with zero attached hydrogens (tertiary/aromatic N) is 2. The lowest BCUT2D eigenvalue weighted by Crippen LogP contribution is -2.40. The van der Waals surface area contributed by atoms with Gasteiger partial charge in [-0.2, -0.15) is 9.82 Å². The molecule has 0 radical (unpaired) electrons. The highest BCUT2D eigenvalue weighted by atomic mass is 32.2. The number of hydrogen-bond acceptors (Lipinski definition) is 6. The van der Waals surface area contributed by atoms with E-state index in [1.54, 1.807) is 7.05 Å². The lowest BCUT2D eigenvalue weighted by molar-refractivity contribution is -0.139. The summed E-state index contributed by atoms with van der Waals surface area (Å²) in [6.07, 6.45) is 2.59. The summed E-state index contributed by atoms with van der Waals surface area (Å²) in [4.78, 5) is 11.2. The van der Waals surface area contributed by atoms with E-state index in [-0.39, 0.29) is 17.7 Å². The molecular formula is C10H15N3O6S2. The number of aliphatic carboxylic acids is 1. The van der Waals surface area contributed by atoms with Crippen LogP contribution in [0.4, 0.5) is 0 Å². The molecule has 2 atom stereocenters. The molecule has 0 bridgehead atoms. The van der Waals surface area contributed by atoms with Crippen LogP contribution < -0.4 is 4.72 Å². The molecule has 1 aromatic rings. The summed E-state index contributed by atoms with van der Waals surface area (Å²) in [5.74, 6) is -2.07. The molecule has 1 aromatic heterocycles. The molecule has 2 N–H and O–H groups in total. The highest BCUT2D eigenvalue weighted by Crippen LogP contribution is 2.21. The van der Waals surface area contributed by atoms with Crippen LogP contribution in [0.1, 0.15) is 18.0 Å². The largest absolute Gasteiger partial charge is 0.480 e. The third-order valence-electron chi connectivity index (χ3n) is 3.22. The van der Waals surface area contributed by atoms with Gasteiger partial charge in [-0.3, -0.25) is 9.48 Å². The molecule has 11 heteroatoms. The Morgan fingerprint density at radius 2 is 2.24 bits per heavy atom. The van der Waals surface area contributed by atoms with Crippen molar-refractivity contribution >= 4 is 25.8 Å². The number of carbonyl (C=O) groups is 1. The Kier molecular flexibility index (Phi) is 4.08. The number of hydrogen-bond donors (Lipinski definition) is 2. The van der Waals surface area contributed by atoms with Crippen molar-refractivity contribution in [2.45, 2.75) is 17.7 Å². The van der Waals surface area contributed by atoms with Gasteiger partial charge < -0.3 is 5.11 Å². The van der Waals surface area contributed by atoms with E-state index in [0.29, 0.717) is 0 Å². The number of aromatic nitrogens is 2. The van der Waals surface area contributed by atoms with E-state index in [9.17, 15) is 21.6 Å². The fourth-order valence-corrected chi connectivity index (χ4v) is 6.33. The van der Waals surface area contributed by atoms with Gasteiger partial charge in [0.25, 0.3) is 0 Å². The predicted molar refractivity (Wildman–Crippen MR) is 72.7 cm³/mol. The Hall–Kier alpha value is -1.46. The van der Waals surface area contributed by atoms with Crippen LogP contribution in [0.3, 0.4) is 0 Å². The maximum absolute atomic E-state index is 12.1. The fourth-order valence-electron chi connectivity index (χ4n) is 2.12. The van der Waals surface area contributed by atoms with E-state index in [1.165, 1.54) is 17.1 Å². The minimum absolute atomic E-state index is 0.0307. The van der Waals surface area contributed by atoms with Crippen LogP contribution in [0.2, 0.25) is 0 Å². The van der Waals surface area contributed by atoms with Gasteiger partial charge in [-0.1, -0.05) is 0 Å². The van der Waals surface area contributed by atoms with Crippen LogP contribution in [0.5, 0.6) is 0 Å². The second-order valence-corrected chi connectivity index (χ2v) is 9.13. The summed E-state index contributed by atoms with van der Waals surface area (Å²) >= 11 is 0. The average molecular weight is 337 g/mol. The van der Waals surface area contributed by atoms with E-state index in [1.807, 2.05) is 0 Å². The maximum atomic E-state index is 12.1. The smallest absolute Gasteiger partial charge is 0.326 e. The Bertz CT molecular complexity index is 752. The van der Waals surface area contributed by atoms with Crippen molar-refractivity contribution in [1.29, 1.82) is 0 Å². The first-order valence-corrected chi connectivity index (χ1v) is 9.40. The minimum atomic E-state index is -4.06. The monoisotopic (exact) mass is 337 g/mol. The van der Waals surface area contributed by atoms with Gasteiger partial charge in [-0.05, 0) is 6.42 Å². The van der Waals surface area contributed by atoms with Gasteiger partial charge in [0, 0.05) is 18.8 Å². The van der Waals surface area contributed by atoms with E-state index < -0.39 is 42.9 Å². The number of aryl methyl sites for hydroxylation is 1. The molecule has 2 unspecified atom stereocenters. The van der Waals surface area contributed by atoms with Gasteiger partial charge in [0.2, 0.25) is 10.0 Å². The van der Waals surface area contributed by atoms with Gasteiger partial charge >= 0.3 is 5.97 Å². The van der Waals surface area contributed by atoms with Crippen molar-refractivity contribution in [2.75, 3.05) is 11.5 Å². The normalized spacial score (nSPS) is 23.0. The Balaban J connectivity index is 2.23. The molecule has 9 nitrogen and oxygen atoms in total. The number of carboxylic acid groups (broad SMARTS) is 1. The topological polar surface area (TPSA) is 135 Å². The number of carboxylic acids is 1. The Labute approximate surface area is 121 Å². The lowest BCUT2D eigenvalue weighted by atomic mass is 10.2. The predicted octanol–water partition coefficient (Wildman–Crippen LogP) is -1.35. The van der Waals surface area contributed by atoms with Crippen molar-refractivity contribution in [3.8, 4) is 0 Å². The molecule has 2 rings (SSSR count). The third kappa shape index (κ3) is 3.60. The SMILES string of the molecule is Cn1cc(C(NS(=O)(=O)C2CCS(=O)(=O)C2)C(=O)O)cn1. The fraction of sp³-hybridized carbons (Fsp3) is 0.600. The standard InChI is InChI=1S/C10H15N3O6S2/c1-13-5-7(4-11-13)9(10(14)15)12-21(18,19)8-2-3-20(16,17)6-8/h4-5,8-9,12H,2-3,6H2,1H3,(H,14,15). The van der Waals surface area contributed by atoms with Gasteiger partial charge in [-0.15, -0.1) is 0 Å². The summed E-state index contributed by atoms with van der Waals surface area (Å²) < 4.78 is 50.4. The maximum Gasteiger partial charge on any atom is 0.326 e. The van der Waals surface area contributed by atoms with E-state index in [0.717, 1.165) is 0 Å². The Morgan fingerprint density at radius 1 is 1.57 bits per heavy atom. The minimum Gasteiger partial charge on any atom is -0.480 e. The van der Waals surface area contributed by atoms with Crippen LogP contribution in [-0.2, 0) is 31.7 Å². The highest BCUT2D eigenvalue weighted by molar-refractivity contribution is 7.95. The van der Waals surface area contributed by atoms with Gasteiger partial charge in [0.1, 0.15) is 6.04 Å². The molecule has 21 heavy (non-hydrogen) atoms. The quantitative estimate of drug-likeness (QED) is 0.678. The van der Waals surface area contributed by atoms with Crippen LogP contribution in [0, 0.1) is 0 Å². The number of rotatable bonds is 5. The number of sulfonamides is 1. The molecule has 2 heterocycles. The van der Waals surface area contributed by atoms with Crippen molar-refractivity contribution in [3.05, 3.63) is 18.0 Å². The zero-order valence-corrected chi connectivity index (χ0v) is 12.8. The second kappa shape index (κ2) is 5.39. The molecule has 118 valence electrons. The molecule has 0 amide bonds. The zero-order chi connectivity index (χ0) is 15.8.